The smallest absolute Gasteiger partial charge is 0.238 e. The van der Waals surface area contributed by atoms with Crippen LogP contribution < -0.4 is 10.6 Å². The zero-order valence-electron chi connectivity index (χ0n) is 14.8. The highest BCUT2D eigenvalue weighted by atomic mass is 35.5. The second-order valence-corrected chi connectivity index (χ2v) is 8.07. The molecule has 2 N–H and O–H groups in total. The number of thioether (sulfide) groups is 1. The van der Waals surface area contributed by atoms with E-state index < -0.39 is 5.25 Å². The Labute approximate surface area is 171 Å². The molecule has 0 radical (unpaired) electrons. The van der Waals surface area contributed by atoms with Gasteiger partial charge >= 0.3 is 0 Å². The predicted octanol–water partition coefficient (Wildman–Crippen LogP) is 4.03. The zero-order valence-corrected chi connectivity index (χ0v) is 16.3. The van der Waals surface area contributed by atoms with Crippen molar-refractivity contribution in [1.82, 2.24) is 9.78 Å². The number of aromatic nitrogens is 2. The molecule has 2 amide bonds. The molecule has 2 aromatic carbocycles. The van der Waals surface area contributed by atoms with Gasteiger partial charge in [0.2, 0.25) is 11.8 Å². The minimum absolute atomic E-state index is 0.0853. The van der Waals surface area contributed by atoms with Gasteiger partial charge in [-0.05, 0) is 42.0 Å². The lowest BCUT2D eigenvalue weighted by molar-refractivity contribution is -0.120. The van der Waals surface area contributed by atoms with Crippen molar-refractivity contribution in [2.45, 2.75) is 23.1 Å². The summed E-state index contributed by atoms with van der Waals surface area (Å²) in [5.74, 6) is -0.399. The van der Waals surface area contributed by atoms with Crippen LogP contribution in [0.5, 0.6) is 0 Å². The van der Waals surface area contributed by atoms with E-state index in [-0.39, 0.29) is 18.2 Å². The summed E-state index contributed by atoms with van der Waals surface area (Å²) in [6.07, 6.45) is 3.70. The average molecular weight is 413 g/mol. The maximum atomic E-state index is 12.5. The number of carbonyl (C=O) groups excluding carboxylic acids is 2. The molecule has 1 atom stereocenters. The second kappa shape index (κ2) is 8.08. The van der Waals surface area contributed by atoms with E-state index in [9.17, 15) is 9.59 Å². The third kappa shape index (κ3) is 4.37. The van der Waals surface area contributed by atoms with Crippen LogP contribution in [0.15, 0.2) is 65.8 Å². The monoisotopic (exact) mass is 412 g/mol. The fourth-order valence-electron chi connectivity index (χ4n) is 2.97. The predicted molar refractivity (Wildman–Crippen MR) is 111 cm³/mol. The lowest BCUT2D eigenvalue weighted by Crippen LogP contribution is -2.32. The number of hydrogen-bond acceptors (Lipinski definition) is 4. The maximum Gasteiger partial charge on any atom is 0.238 e. The van der Waals surface area contributed by atoms with Crippen molar-refractivity contribution >= 4 is 46.6 Å². The highest BCUT2D eigenvalue weighted by Gasteiger charge is 2.29. The van der Waals surface area contributed by atoms with E-state index in [0.717, 1.165) is 10.5 Å². The number of rotatable bonds is 5. The van der Waals surface area contributed by atoms with Gasteiger partial charge in [0.05, 0.1) is 17.5 Å². The van der Waals surface area contributed by atoms with Gasteiger partial charge in [-0.1, -0.05) is 23.7 Å². The van der Waals surface area contributed by atoms with Gasteiger partial charge in [0, 0.05) is 34.4 Å². The van der Waals surface area contributed by atoms with Crippen LogP contribution in [-0.4, -0.2) is 26.8 Å². The molecule has 1 aromatic heterocycles. The molecule has 3 aromatic rings. The summed E-state index contributed by atoms with van der Waals surface area (Å²) in [5, 5.41) is 9.96. The number of fused-ring (bicyclic) bond motifs is 1. The first kappa shape index (κ1) is 18.6. The molecule has 142 valence electrons. The van der Waals surface area contributed by atoms with Crippen LogP contribution in [0.4, 0.5) is 11.4 Å². The molecule has 0 saturated heterocycles. The Bertz CT molecular complexity index is 1020. The Morgan fingerprint density at radius 3 is 2.96 bits per heavy atom. The third-order valence-corrected chi connectivity index (χ3v) is 5.76. The number of benzene rings is 2. The van der Waals surface area contributed by atoms with Gasteiger partial charge in [-0.15, -0.1) is 11.8 Å². The van der Waals surface area contributed by atoms with Crippen molar-refractivity contribution in [3.63, 3.8) is 0 Å². The van der Waals surface area contributed by atoms with Crippen molar-refractivity contribution < 1.29 is 9.59 Å². The largest absolute Gasteiger partial charge is 0.326 e. The lowest BCUT2D eigenvalue weighted by atomic mass is 10.2. The molecule has 2 heterocycles. The van der Waals surface area contributed by atoms with Gasteiger partial charge in [0.25, 0.3) is 0 Å². The fourth-order valence-corrected chi connectivity index (χ4v) is 4.23. The van der Waals surface area contributed by atoms with Crippen LogP contribution in [0.3, 0.4) is 0 Å². The summed E-state index contributed by atoms with van der Waals surface area (Å²) in [7, 11) is 0. The normalized spacial score (nSPS) is 15.6. The van der Waals surface area contributed by atoms with Crippen LogP contribution in [0.2, 0.25) is 5.02 Å². The fraction of sp³-hybridized carbons (Fsp3) is 0.150. The summed E-state index contributed by atoms with van der Waals surface area (Å²) >= 11 is 7.34. The van der Waals surface area contributed by atoms with Gasteiger partial charge in [-0.2, -0.15) is 5.10 Å². The summed E-state index contributed by atoms with van der Waals surface area (Å²) < 4.78 is 1.81. The standard InChI is InChI=1S/C20H17ClN4O2S/c21-14-5-6-17-16(10-14)24-20(27)18(28-17)11-19(26)23-15-4-1-3-13(9-15)12-25-8-2-7-22-25/h1-10,18H,11-12H2,(H,23,26)(H,24,27). The van der Waals surface area contributed by atoms with E-state index in [2.05, 4.69) is 15.7 Å². The summed E-state index contributed by atoms with van der Waals surface area (Å²) in [5.41, 5.74) is 2.41. The highest BCUT2D eigenvalue weighted by molar-refractivity contribution is 8.01. The minimum atomic E-state index is -0.485. The summed E-state index contributed by atoms with van der Waals surface area (Å²) in [4.78, 5) is 25.7. The third-order valence-electron chi connectivity index (χ3n) is 4.25. The molecule has 0 saturated carbocycles. The summed E-state index contributed by atoms with van der Waals surface area (Å²) in [6, 6.07) is 14.8. The van der Waals surface area contributed by atoms with E-state index in [1.807, 2.05) is 47.3 Å². The molecule has 0 spiro atoms. The first-order chi connectivity index (χ1) is 13.6. The molecule has 28 heavy (non-hydrogen) atoms. The number of anilines is 2. The second-order valence-electron chi connectivity index (χ2n) is 6.39. The maximum absolute atomic E-state index is 12.5. The molecule has 0 fully saturated rings. The van der Waals surface area contributed by atoms with Crippen LogP contribution in [0.1, 0.15) is 12.0 Å². The van der Waals surface area contributed by atoms with E-state index in [1.54, 1.807) is 18.3 Å². The van der Waals surface area contributed by atoms with Crippen LogP contribution in [0, 0.1) is 0 Å². The molecule has 0 bridgehead atoms. The molecule has 0 aliphatic carbocycles. The van der Waals surface area contributed by atoms with Crippen LogP contribution in [0.25, 0.3) is 0 Å². The number of carbonyl (C=O) groups is 2. The van der Waals surface area contributed by atoms with E-state index in [1.165, 1.54) is 11.8 Å². The van der Waals surface area contributed by atoms with E-state index >= 15 is 0 Å². The Balaban J connectivity index is 1.39. The quantitative estimate of drug-likeness (QED) is 0.663. The molecule has 1 aliphatic heterocycles. The molecule has 1 unspecified atom stereocenters. The van der Waals surface area contributed by atoms with Gasteiger partial charge in [0.1, 0.15) is 0 Å². The van der Waals surface area contributed by atoms with Gasteiger partial charge < -0.3 is 10.6 Å². The number of nitrogens with one attached hydrogen (secondary N) is 2. The Kier molecular flexibility index (Phi) is 5.36. The van der Waals surface area contributed by atoms with E-state index in [0.29, 0.717) is 22.9 Å². The first-order valence-corrected chi connectivity index (χ1v) is 9.96. The molecular formula is C20H17ClN4O2S. The Hall–Kier alpha value is -2.77. The number of nitrogens with zero attached hydrogens (tertiary/aromatic N) is 2. The Morgan fingerprint density at radius 2 is 2.14 bits per heavy atom. The first-order valence-electron chi connectivity index (χ1n) is 8.70. The Morgan fingerprint density at radius 1 is 1.25 bits per heavy atom. The molecule has 8 heteroatoms. The molecule has 1 aliphatic rings. The van der Waals surface area contributed by atoms with Crippen molar-refractivity contribution in [2.24, 2.45) is 0 Å². The van der Waals surface area contributed by atoms with Crippen LogP contribution in [-0.2, 0) is 16.1 Å². The zero-order chi connectivity index (χ0) is 19.5. The molecule has 6 nitrogen and oxygen atoms in total. The average Bonchev–Trinajstić information content (AvgIpc) is 3.16. The lowest BCUT2D eigenvalue weighted by Gasteiger charge is -2.23. The number of halogens is 1. The summed E-state index contributed by atoms with van der Waals surface area (Å²) in [6.45, 7) is 0.622. The minimum Gasteiger partial charge on any atom is -0.326 e. The SMILES string of the molecule is O=C(CC1Sc2ccc(Cl)cc2NC1=O)Nc1cccc(Cn2cccn2)c1. The van der Waals surface area contributed by atoms with Gasteiger partial charge in [0.15, 0.2) is 0 Å². The van der Waals surface area contributed by atoms with Crippen molar-refractivity contribution in [3.8, 4) is 0 Å². The molecule has 4 rings (SSSR count). The number of hydrogen-bond donors (Lipinski definition) is 2. The van der Waals surface area contributed by atoms with Crippen molar-refractivity contribution in [3.05, 3.63) is 71.5 Å². The van der Waals surface area contributed by atoms with Gasteiger partial charge in [-0.3, -0.25) is 14.3 Å². The molecular weight excluding hydrogens is 396 g/mol. The van der Waals surface area contributed by atoms with Crippen molar-refractivity contribution in [2.75, 3.05) is 10.6 Å². The van der Waals surface area contributed by atoms with Crippen molar-refractivity contribution in [1.29, 1.82) is 0 Å². The van der Waals surface area contributed by atoms with Gasteiger partial charge in [-0.25, -0.2) is 0 Å². The topological polar surface area (TPSA) is 76.0 Å². The highest BCUT2D eigenvalue weighted by Crippen LogP contribution is 2.38. The number of amides is 2. The van der Waals surface area contributed by atoms with Crippen LogP contribution >= 0.6 is 23.4 Å². The van der Waals surface area contributed by atoms with E-state index in [4.69, 9.17) is 11.6 Å².